The maximum absolute atomic E-state index is 10.9. The number of aromatic carboxylic acids is 1. The second-order valence-corrected chi connectivity index (χ2v) is 3.30. The molecule has 0 spiro atoms. The summed E-state index contributed by atoms with van der Waals surface area (Å²) in [5.41, 5.74) is 7.88. The maximum Gasteiger partial charge on any atom is 0.336 e. The smallest absolute Gasteiger partial charge is 0.336 e. The number of rotatable bonds is 1. The molecule has 0 atom stereocenters. The van der Waals surface area contributed by atoms with Crippen molar-refractivity contribution in [3.63, 3.8) is 0 Å². The molecule has 15 heavy (non-hydrogen) atoms. The van der Waals surface area contributed by atoms with Gasteiger partial charge in [-0.25, -0.2) is 4.79 Å². The van der Waals surface area contributed by atoms with Crippen molar-refractivity contribution in [2.24, 2.45) is 5.73 Å². The van der Waals surface area contributed by atoms with Gasteiger partial charge in [0.15, 0.2) is 0 Å². The molecule has 78 valence electrons. The van der Waals surface area contributed by atoms with E-state index in [9.17, 15) is 4.79 Å². The summed E-state index contributed by atoms with van der Waals surface area (Å²) < 4.78 is 0. The molecule has 0 saturated heterocycles. The molecule has 0 bridgehead atoms. The van der Waals surface area contributed by atoms with Gasteiger partial charge < -0.3 is 10.8 Å². The van der Waals surface area contributed by atoms with Crippen LogP contribution in [0, 0.1) is 25.7 Å². The average Bonchev–Trinajstić information content (AvgIpc) is 2.12. The van der Waals surface area contributed by atoms with Crippen LogP contribution in [0.2, 0.25) is 0 Å². The van der Waals surface area contributed by atoms with Gasteiger partial charge in [0.25, 0.3) is 0 Å². The monoisotopic (exact) mass is 203 g/mol. The van der Waals surface area contributed by atoms with Gasteiger partial charge in [-0.2, -0.15) is 0 Å². The maximum atomic E-state index is 10.9. The Hall–Kier alpha value is -1.79. The molecule has 3 nitrogen and oxygen atoms in total. The molecular formula is C12H13NO2. The van der Waals surface area contributed by atoms with E-state index in [1.807, 2.05) is 0 Å². The first-order chi connectivity index (χ1) is 7.06. The SMILES string of the molecule is Cc1cc(C#CCN)cc(C)c1C(=O)O. The molecule has 0 aliphatic carbocycles. The summed E-state index contributed by atoms with van der Waals surface area (Å²) in [4.78, 5) is 10.9. The Morgan fingerprint density at radius 1 is 1.40 bits per heavy atom. The lowest BCUT2D eigenvalue weighted by Crippen LogP contribution is -2.03. The van der Waals surface area contributed by atoms with E-state index >= 15 is 0 Å². The van der Waals surface area contributed by atoms with Gasteiger partial charge in [-0.3, -0.25) is 0 Å². The molecule has 3 heteroatoms. The predicted octanol–water partition coefficient (Wildman–Crippen LogP) is 1.31. The van der Waals surface area contributed by atoms with Crippen LogP contribution in [0.5, 0.6) is 0 Å². The summed E-state index contributed by atoms with van der Waals surface area (Å²) in [5, 5.41) is 8.96. The second kappa shape index (κ2) is 4.63. The van der Waals surface area contributed by atoms with E-state index in [2.05, 4.69) is 11.8 Å². The third-order valence-corrected chi connectivity index (χ3v) is 2.08. The van der Waals surface area contributed by atoms with Crippen molar-refractivity contribution in [3.8, 4) is 11.8 Å². The lowest BCUT2D eigenvalue weighted by Gasteiger charge is -2.05. The molecule has 0 fully saturated rings. The van der Waals surface area contributed by atoms with Gasteiger partial charge in [-0.1, -0.05) is 11.8 Å². The highest BCUT2D eigenvalue weighted by Gasteiger charge is 2.10. The molecule has 3 N–H and O–H groups in total. The summed E-state index contributed by atoms with van der Waals surface area (Å²) in [6.45, 7) is 3.84. The Balaban J connectivity index is 3.25. The van der Waals surface area contributed by atoms with Crippen LogP contribution in [-0.4, -0.2) is 17.6 Å². The van der Waals surface area contributed by atoms with Crippen LogP contribution in [0.1, 0.15) is 27.0 Å². The predicted molar refractivity (Wildman–Crippen MR) is 58.8 cm³/mol. The number of aryl methyl sites for hydroxylation is 2. The fourth-order valence-electron chi connectivity index (χ4n) is 1.53. The van der Waals surface area contributed by atoms with Crippen molar-refractivity contribution in [2.45, 2.75) is 13.8 Å². The lowest BCUT2D eigenvalue weighted by atomic mass is 9.99. The zero-order valence-electron chi connectivity index (χ0n) is 8.79. The van der Waals surface area contributed by atoms with Gasteiger partial charge in [-0.15, -0.1) is 0 Å². The van der Waals surface area contributed by atoms with Gasteiger partial charge >= 0.3 is 5.97 Å². The number of hydrogen-bond donors (Lipinski definition) is 2. The number of carboxylic acids is 1. The molecule has 1 rings (SSSR count). The van der Waals surface area contributed by atoms with Crippen molar-refractivity contribution in [2.75, 3.05) is 6.54 Å². The Bertz CT molecular complexity index is 429. The van der Waals surface area contributed by atoms with E-state index in [1.54, 1.807) is 26.0 Å². The number of carbonyl (C=O) groups is 1. The molecule has 0 radical (unpaired) electrons. The van der Waals surface area contributed by atoms with Gasteiger partial charge in [0.1, 0.15) is 0 Å². The average molecular weight is 203 g/mol. The molecule has 1 aromatic carbocycles. The summed E-state index contributed by atoms with van der Waals surface area (Å²) in [7, 11) is 0. The van der Waals surface area contributed by atoms with Gasteiger partial charge in [0.2, 0.25) is 0 Å². The molecule has 0 unspecified atom stereocenters. The zero-order valence-corrected chi connectivity index (χ0v) is 8.79. The summed E-state index contributed by atoms with van der Waals surface area (Å²) in [5.74, 6) is 4.72. The first kappa shape index (κ1) is 11.3. The van der Waals surface area contributed by atoms with Crippen LogP contribution >= 0.6 is 0 Å². The fourth-order valence-corrected chi connectivity index (χ4v) is 1.53. The number of carboxylic acid groups (broad SMARTS) is 1. The Labute approximate surface area is 88.9 Å². The van der Waals surface area contributed by atoms with Crippen LogP contribution in [0.15, 0.2) is 12.1 Å². The van der Waals surface area contributed by atoms with Gasteiger partial charge in [-0.05, 0) is 37.1 Å². The molecular weight excluding hydrogens is 190 g/mol. The molecule has 0 amide bonds. The van der Waals surface area contributed by atoms with Crippen LogP contribution in [0.4, 0.5) is 0 Å². The minimum atomic E-state index is -0.900. The van der Waals surface area contributed by atoms with Crippen molar-refractivity contribution < 1.29 is 9.90 Å². The minimum Gasteiger partial charge on any atom is -0.478 e. The molecule has 1 aromatic rings. The minimum absolute atomic E-state index is 0.304. The molecule has 0 heterocycles. The third kappa shape index (κ3) is 2.58. The number of hydrogen-bond acceptors (Lipinski definition) is 2. The summed E-state index contributed by atoms with van der Waals surface area (Å²) in [6.07, 6.45) is 0. The van der Waals surface area contributed by atoms with Gasteiger partial charge in [0, 0.05) is 5.56 Å². The van der Waals surface area contributed by atoms with Crippen LogP contribution < -0.4 is 5.73 Å². The second-order valence-electron chi connectivity index (χ2n) is 3.30. The van der Waals surface area contributed by atoms with E-state index in [4.69, 9.17) is 10.8 Å². The molecule has 0 aliphatic heterocycles. The Morgan fingerprint density at radius 3 is 2.33 bits per heavy atom. The van der Waals surface area contributed by atoms with Crippen LogP contribution in [0.3, 0.4) is 0 Å². The van der Waals surface area contributed by atoms with E-state index in [0.29, 0.717) is 12.1 Å². The van der Waals surface area contributed by atoms with Crippen molar-refractivity contribution in [1.29, 1.82) is 0 Å². The number of nitrogens with two attached hydrogens (primary N) is 1. The topological polar surface area (TPSA) is 63.3 Å². The largest absolute Gasteiger partial charge is 0.478 e. The Kier molecular flexibility index (Phi) is 3.48. The standard InChI is InChI=1S/C12H13NO2/c1-8-6-10(4-3-5-13)7-9(2)11(8)12(14)15/h6-7H,5,13H2,1-2H3,(H,14,15). The van der Waals surface area contributed by atoms with Crippen molar-refractivity contribution in [3.05, 3.63) is 34.4 Å². The normalized spacial score (nSPS) is 9.27. The van der Waals surface area contributed by atoms with E-state index in [-0.39, 0.29) is 0 Å². The molecule has 0 saturated carbocycles. The number of benzene rings is 1. The Morgan fingerprint density at radius 2 is 1.93 bits per heavy atom. The lowest BCUT2D eigenvalue weighted by molar-refractivity contribution is 0.0695. The van der Waals surface area contributed by atoms with Crippen LogP contribution in [0.25, 0.3) is 0 Å². The summed E-state index contributed by atoms with van der Waals surface area (Å²) >= 11 is 0. The highest BCUT2D eigenvalue weighted by atomic mass is 16.4. The van der Waals surface area contributed by atoms with Crippen LogP contribution in [-0.2, 0) is 0 Å². The third-order valence-electron chi connectivity index (χ3n) is 2.08. The first-order valence-electron chi connectivity index (χ1n) is 4.59. The van der Waals surface area contributed by atoms with Crippen molar-refractivity contribution in [1.82, 2.24) is 0 Å². The molecule has 0 aromatic heterocycles. The highest BCUT2D eigenvalue weighted by molar-refractivity contribution is 5.91. The summed E-state index contributed by atoms with van der Waals surface area (Å²) in [6, 6.07) is 3.53. The van der Waals surface area contributed by atoms with E-state index in [0.717, 1.165) is 16.7 Å². The highest BCUT2D eigenvalue weighted by Crippen LogP contribution is 2.16. The van der Waals surface area contributed by atoms with Crippen molar-refractivity contribution >= 4 is 5.97 Å². The molecule has 0 aliphatic rings. The van der Waals surface area contributed by atoms with E-state index in [1.165, 1.54) is 0 Å². The quantitative estimate of drug-likeness (QED) is 0.676. The van der Waals surface area contributed by atoms with Gasteiger partial charge in [0.05, 0.1) is 12.1 Å². The first-order valence-corrected chi connectivity index (χ1v) is 4.59. The fraction of sp³-hybridized carbons (Fsp3) is 0.250. The van der Waals surface area contributed by atoms with E-state index < -0.39 is 5.97 Å². The zero-order chi connectivity index (χ0) is 11.4.